The topological polar surface area (TPSA) is 58.6 Å². The number of rotatable bonds is 6. The van der Waals surface area contributed by atoms with Gasteiger partial charge in [-0.1, -0.05) is 25.1 Å². The number of carbonyl (C=O) groups is 1. The quantitative estimate of drug-likeness (QED) is 0.766. The summed E-state index contributed by atoms with van der Waals surface area (Å²) in [5.41, 5.74) is 1.00. The van der Waals surface area contributed by atoms with Crippen molar-refractivity contribution < 1.29 is 14.6 Å². The van der Waals surface area contributed by atoms with E-state index in [-0.39, 0.29) is 6.61 Å². The Balaban J connectivity index is 2.55. The van der Waals surface area contributed by atoms with Gasteiger partial charge in [-0.25, -0.2) is 0 Å². The van der Waals surface area contributed by atoms with Crippen LogP contribution in [0.3, 0.4) is 0 Å². The smallest absolute Gasteiger partial charge is 0.324 e. The molecule has 0 bridgehead atoms. The summed E-state index contributed by atoms with van der Waals surface area (Å²) >= 11 is 0. The van der Waals surface area contributed by atoms with Crippen LogP contribution in [-0.2, 0) is 4.79 Å². The van der Waals surface area contributed by atoms with Gasteiger partial charge in [-0.2, -0.15) is 0 Å². The Kier molecular flexibility index (Phi) is 4.79. The molecule has 0 aliphatic heterocycles. The van der Waals surface area contributed by atoms with Crippen molar-refractivity contribution in [2.45, 2.75) is 19.9 Å². The average molecular weight is 223 g/mol. The molecule has 0 amide bonds. The number of para-hydroxylation sites is 1. The molecule has 2 N–H and O–H groups in total. The highest BCUT2D eigenvalue weighted by Gasteiger charge is 2.16. The van der Waals surface area contributed by atoms with Crippen LogP contribution >= 0.6 is 0 Å². The predicted octanol–water partition coefficient (Wildman–Crippen LogP) is 1.44. The third-order valence-electron chi connectivity index (χ3n) is 2.25. The number of likely N-dealkylation sites (N-methyl/N-ethyl adjacent to an activating group) is 1. The maximum absolute atomic E-state index is 10.9. The first-order chi connectivity index (χ1) is 7.65. The molecule has 1 atom stereocenters. The monoisotopic (exact) mass is 223 g/mol. The van der Waals surface area contributed by atoms with Crippen molar-refractivity contribution in [2.75, 3.05) is 13.2 Å². The number of carboxylic acids is 1. The number of aliphatic carboxylic acids is 1. The molecule has 1 aromatic rings. The first kappa shape index (κ1) is 12.5. The summed E-state index contributed by atoms with van der Waals surface area (Å²) in [6, 6.07) is 6.88. The molecule has 0 spiro atoms. The highest BCUT2D eigenvalue weighted by atomic mass is 16.5. The van der Waals surface area contributed by atoms with Crippen LogP contribution < -0.4 is 10.1 Å². The molecule has 16 heavy (non-hydrogen) atoms. The second-order valence-electron chi connectivity index (χ2n) is 3.53. The van der Waals surface area contributed by atoms with Crippen molar-refractivity contribution in [1.82, 2.24) is 5.32 Å². The van der Waals surface area contributed by atoms with Crippen molar-refractivity contribution >= 4 is 5.97 Å². The van der Waals surface area contributed by atoms with Crippen LogP contribution in [0.1, 0.15) is 12.5 Å². The molecular formula is C12H17NO3. The number of hydrogen-bond donors (Lipinski definition) is 2. The molecule has 0 saturated carbocycles. The van der Waals surface area contributed by atoms with E-state index in [1.165, 1.54) is 0 Å². The summed E-state index contributed by atoms with van der Waals surface area (Å²) in [5, 5.41) is 11.8. The lowest BCUT2D eigenvalue weighted by atomic mass is 10.2. The molecule has 4 nitrogen and oxygen atoms in total. The number of ether oxygens (including phenoxy) is 1. The molecule has 0 fully saturated rings. The van der Waals surface area contributed by atoms with E-state index < -0.39 is 12.0 Å². The van der Waals surface area contributed by atoms with Crippen LogP contribution in [0, 0.1) is 6.92 Å². The molecule has 88 valence electrons. The maximum atomic E-state index is 10.9. The molecule has 0 aliphatic rings. The number of benzene rings is 1. The van der Waals surface area contributed by atoms with Crippen LogP contribution in [0.15, 0.2) is 24.3 Å². The SMILES string of the molecule is CCN[C@@H](COc1ccccc1C)C(=O)O. The van der Waals surface area contributed by atoms with E-state index in [1.54, 1.807) is 0 Å². The summed E-state index contributed by atoms with van der Waals surface area (Å²) in [6.45, 7) is 4.53. The van der Waals surface area contributed by atoms with Gasteiger partial charge in [0.15, 0.2) is 0 Å². The second kappa shape index (κ2) is 6.12. The van der Waals surface area contributed by atoms with Crippen molar-refractivity contribution in [2.24, 2.45) is 0 Å². The minimum atomic E-state index is -0.893. The Hall–Kier alpha value is -1.55. The minimum absolute atomic E-state index is 0.133. The van der Waals surface area contributed by atoms with Gasteiger partial charge in [0.25, 0.3) is 0 Å². The lowest BCUT2D eigenvalue weighted by Gasteiger charge is -2.15. The van der Waals surface area contributed by atoms with Crippen molar-refractivity contribution in [3.05, 3.63) is 29.8 Å². The number of aryl methyl sites for hydroxylation is 1. The van der Waals surface area contributed by atoms with E-state index in [0.717, 1.165) is 11.3 Å². The first-order valence-electron chi connectivity index (χ1n) is 5.29. The molecule has 4 heteroatoms. The molecule has 0 heterocycles. The summed E-state index contributed by atoms with van der Waals surface area (Å²) in [7, 11) is 0. The van der Waals surface area contributed by atoms with Crippen LogP contribution in [0.5, 0.6) is 5.75 Å². The fourth-order valence-electron chi connectivity index (χ4n) is 1.36. The van der Waals surface area contributed by atoms with Crippen molar-refractivity contribution in [1.29, 1.82) is 0 Å². The molecule has 1 aromatic carbocycles. The van der Waals surface area contributed by atoms with Gasteiger partial charge in [0, 0.05) is 0 Å². The molecule has 0 aromatic heterocycles. The summed E-state index contributed by atoms with van der Waals surface area (Å²) in [4.78, 5) is 10.9. The molecule has 1 rings (SSSR count). The second-order valence-corrected chi connectivity index (χ2v) is 3.53. The molecule has 0 saturated heterocycles. The van der Waals surface area contributed by atoms with Crippen LogP contribution in [0.25, 0.3) is 0 Å². The Morgan fingerprint density at radius 3 is 2.75 bits per heavy atom. The summed E-state index contributed by atoms with van der Waals surface area (Å²) in [5.74, 6) is -0.165. The fraction of sp³-hybridized carbons (Fsp3) is 0.417. The largest absolute Gasteiger partial charge is 0.491 e. The highest BCUT2D eigenvalue weighted by molar-refractivity contribution is 5.73. The Bertz CT molecular complexity index is 352. The van der Waals surface area contributed by atoms with Crippen LogP contribution in [-0.4, -0.2) is 30.3 Å². The Labute approximate surface area is 95.2 Å². The van der Waals surface area contributed by atoms with Gasteiger partial charge in [-0.15, -0.1) is 0 Å². The van der Waals surface area contributed by atoms with Gasteiger partial charge in [0.1, 0.15) is 18.4 Å². The highest BCUT2D eigenvalue weighted by Crippen LogP contribution is 2.16. The standard InChI is InChI=1S/C12H17NO3/c1-3-13-10(12(14)15)8-16-11-7-5-4-6-9(11)2/h4-7,10,13H,3,8H2,1-2H3,(H,14,15)/t10-/m0/s1. The van der Waals surface area contributed by atoms with E-state index in [2.05, 4.69) is 5.32 Å². The Morgan fingerprint density at radius 1 is 1.50 bits per heavy atom. The van der Waals surface area contributed by atoms with Gasteiger partial charge >= 0.3 is 5.97 Å². The number of hydrogen-bond acceptors (Lipinski definition) is 3. The van der Waals surface area contributed by atoms with Gasteiger partial charge in [-0.3, -0.25) is 4.79 Å². The zero-order valence-corrected chi connectivity index (χ0v) is 9.56. The predicted molar refractivity (Wildman–Crippen MR) is 61.8 cm³/mol. The third kappa shape index (κ3) is 3.55. The van der Waals surface area contributed by atoms with Gasteiger partial charge in [0.2, 0.25) is 0 Å². The normalized spacial score (nSPS) is 12.1. The maximum Gasteiger partial charge on any atom is 0.324 e. The van der Waals surface area contributed by atoms with Crippen LogP contribution in [0.2, 0.25) is 0 Å². The zero-order valence-electron chi connectivity index (χ0n) is 9.56. The van der Waals surface area contributed by atoms with E-state index in [0.29, 0.717) is 6.54 Å². The fourth-order valence-corrected chi connectivity index (χ4v) is 1.36. The van der Waals surface area contributed by atoms with E-state index in [9.17, 15) is 4.79 Å². The number of carboxylic acid groups (broad SMARTS) is 1. The molecule has 0 radical (unpaired) electrons. The van der Waals surface area contributed by atoms with Crippen molar-refractivity contribution in [3.8, 4) is 5.75 Å². The number of nitrogens with one attached hydrogen (secondary N) is 1. The van der Waals surface area contributed by atoms with Gasteiger partial charge in [-0.05, 0) is 25.1 Å². The third-order valence-corrected chi connectivity index (χ3v) is 2.25. The van der Waals surface area contributed by atoms with E-state index >= 15 is 0 Å². The lowest BCUT2D eigenvalue weighted by Crippen LogP contribution is -2.41. The average Bonchev–Trinajstić information content (AvgIpc) is 2.26. The Morgan fingerprint density at radius 2 is 2.19 bits per heavy atom. The summed E-state index contributed by atoms with van der Waals surface area (Å²) < 4.78 is 5.47. The minimum Gasteiger partial charge on any atom is -0.491 e. The van der Waals surface area contributed by atoms with Gasteiger partial charge in [0.05, 0.1) is 0 Å². The lowest BCUT2D eigenvalue weighted by molar-refractivity contribution is -0.140. The molecular weight excluding hydrogens is 206 g/mol. The molecule has 0 unspecified atom stereocenters. The van der Waals surface area contributed by atoms with E-state index in [1.807, 2.05) is 38.1 Å². The first-order valence-corrected chi connectivity index (χ1v) is 5.29. The summed E-state index contributed by atoms with van der Waals surface area (Å²) in [6.07, 6.45) is 0. The zero-order chi connectivity index (χ0) is 12.0. The van der Waals surface area contributed by atoms with Crippen LogP contribution in [0.4, 0.5) is 0 Å². The van der Waals surface area contributed by atoms with E-state index in [4.69, 9.17) is 9.84 Å². The molecule has 0 aliphatic carbocycles. The van der Waals surface area contributed by atoms with Crippen molar-refractivity contribution in [3.63, 3.8) is 0 Å². The van der Waals surface area contributed by atoms with Gasteiger partial charge < -0.3 is 15.2 Å².